The summed E-state index contributed by atoms with van der Waals surface area (Å²) in [5, 5.41) is 11.1. The van der Waals surface area contributed by atoms with E-state index in [2.05, 4.69) is 11.0 Å². The summed E-state index contributed by atoms with van der Waals surface area (Å²) in [7, 11) is 0. The SMILES string of the molecule is N#CC1=C2SCN(Cc3ccco3)CN2C(=O)C[C@@H]1c1ccccc1Cl. The number of furan rings is 1. The number of fused-ring (bicyclic) bond motifs is 1. The number of benzene rings is 1. The minimum atomic E-state index is -0.281. The van der Waals surface area contributed by atoms with E-state index >= 15 is 0 Å². The van der Waals surface area contributed by atoms with Crippen LogP contribution in [-0.4, -0.2) is 28.3 Å². The van der Waals surface area contributed by atoms with Crippen LogP contribution in [0.3, 0.4) is 0 Å². The summed E-state index contributed by atoms with van der Waals surface area (Å²) in [5.74, 6) is 1.29. The Labute approximate surface area is 160 Å². The second-order valence-corrected chi connectivity index (χ2v) is 7.59. The number of rotatable bonds is 3. The molecule has 1 amide bonds. The number of hydrogen-bond donors (Lipinski definition) is 0. The number of amides is 1. The molecule has 1 atom stereocenters. The van der Waals surface area contributed by atoms with Gasteiger partial charge in [0.1, 0.15) is 5.76 Å². The van der Waals surface area contributed by atoms with Gasteiger partial charge in [0.2, 0.25) is 5.91 Å². The van der Waals surface area contributed by atoms with Gasteiger partial charge in [-0.15, -0.1) is 0 Å². The first-order valence-corrected chi connectivity index (χ1v) is 9.60. The molecule has 7 heteroatoms. The molecule has 2 aliphatic rings. The molecule has 26 heavy (non-hydrogen) atoms. The van der Waals surface area contributed by atoms with Crippen molar-refractivity contribution in [3.05, 3.63) is 69.6 Å². The Morgan fingerprint density at radius 1 is 1.31 bits per heavy atom. The molecule has 132 valence electrons. The van der Waals surface area contributed by atoms with Crippen molar-refractivity contribution >= 4 is 29.3 Å². The highest BCUT2D eigenvalue weighted by atomic mass is 35.5. The molecular weight excluding hydrogens is 370 g/mol. The molecule has 2 aromatic rings. The van der Waals surface area contributed by atoms with E-state index in [9.17, 15) is 10.1 Å². The van der Waals surface area contributed by atoms with E-state index in [0.29, 0.717) is 29.7 Å². The monoisotopic (exact) mass is 385 g/mol. The maximum absolute atomic E-state index is 12.8. The third-order valence-electron chi connectivity index (χ3n) is 4.59. The number of halogens is 1. The van der Waals surface area contributed by atoms with Crippen molar-refractivity contribution in [1.82, 2.24) is 9.80 Å². The molecular formula is C19H16ClN3O2S. The minimum absolute atomic E-state index is 0.0144. The number of thioether (sulfide) groups is 1. The van der Waals surface area contributed by atoms with Gasteiger partial charge in [0.15, 0.2) is 0 Å². The summed E-state index contributed by atoms with van der Waals surface area (Å²) >= 11 is 7.84. The molecule has 1 aromatic carbocycles. The summed E-state index contributed by atoms with van der Waals surface area (Å²) in [6.45, 7) is 1.09. The first-order chi connectivity index (χ1) is 12.7. The predicted octanol–water partition coefficient (Wildman–Crippen LogP) is 4.15. The van der Waals surface area contributed by atoms with Crippen molar-refractivity contribution < 1.29 is 9.21 Å². The van der Waals surface area contributed by atoms with Crippen LogP contribution in [0.15, 0.2) is 57.7 Å². The minimum Gasteiger partial charge on any atom is -0.468 e. The van der Waals surface area contributed by atoms with E-state index in [0.717, 1.165) is 16.4 Å². The Morgan fingerprint density at radius 3 is 2.88 bits per heavy atom. The third-order valence-corrected chi connectivity index (χ3v) is 6.14. The standard InChI is InChI=1S/C19H16ClN3O2S/c20-17-6-2-1-5-14(17)15-8-18(24)23-11-22(10-13-4-3-7-25-13)12-26-19(23)16(15)9-21/h1-7,15H,8,10-12H2/t15-/m1/s1. The zero-order valence-electron chi connectivity index (χ0n) is 13.9. The summed E-state index contributed by atoms with van der Waals surface area (Å²) in [5.41, 5.74) is 1.46. The molecule has 0 spiro atoms. The summed E-state index contributed by atoms with van der Waals surface area (Å²) in [6, 6.07) is 13.5. The lowest BCUT2D eigenvalue weighted by atomic mass is 9.86. The fourth-order valence-electron chi connectivity index (χ4n) is 3.35. The van der Waals surface area contributed by atoms with Gasteiger partial charge in [0.25, 0.3) is 0 Å². The zero-order chi connectivity index (χ0) is 18.1. The van der Waals surface area contributed by atoms with Crippen LogP contribution < -0.4 is 0 Å². The second kappa shape index (κ2) is 7.20. The fraction of sp³-hybridized carbons (Fsp3) is 0.263. The van der Waals surface area contributed by atoms with Gasteiger partial charge in [-0.05, 0) is 23.8 Å². The lowest BCUT2D eigenvalue weighted by Gasteiger charge is -2.41. The van der Waals surface area contributed by atoms with Crippen LogP contribution in [0.5, 0.6) is 0 Å². The highest BCUT2D eigenvalue weighted by Gasteiger charge is 2.38. The van der Waals surface area contributed by atoms with Gasteiger partial charge in [-0.25, -0.2) is 0 Å². The lowest BCUT2D eigenvalue weighted by Crippen LogP contribution is -2.46. The van der Waals surface area contributed by atoms with Gasteiger partial charge in [0, 0.05) is 17.4 Å². The van der Waals surface area contributed by atoms with E-state index in [-0.39, 0.29) is 18.2 Å². The van der Waals surface area contributed by atoms with Gasteiger partial charge in [-0.3, -0.25) is 14.6 Å². The smallest absolute Gasteiger partial charge is 0.229 e. The summed E-state index contributed by atoms with van der Waals surface area (Å²) < 4.78 is 5.40. The van der Waals surface area contributed by atoms with Gasteiger partial charge in [0.05, 0.1) is 42.0 Å². The topological polar surface area (TPSA) is 60.5 Å². The van der Waals surface area contributed by atoms with E-state index in [1.165, 1.54) is 11.8 Å². The number of carbonyl (C=O) groups is 1. The quantitative estimate of drug-likeness (QED) is 0.794. The van der Waals surface area contributed by atoms with Crippen LogP contribution in [0.25, 0.3) is 0 Å². The molecule has 0 unspecified atom stereocenters. The summed E-state index contributed by atoms with van der Waals surface area (Å²) in [4.78, 5) is 16.6. The van der Waals surface area contributed by atoms with Crippen LogP contribution in [0.4, 0.5) is 0 Å². The lowest BCUT2D eigenvalue weighted by molar-refractivity contribution is -0.132. The maximum Gasteiger partial charge on any atom is 0.229 e. The molecule has 2 aliphatic heterocycles. The van der Waals surface area contributed by atoms with Crippen molar-refractivity contribution in [3.8, 4) is 6.07 Å². The van der Waals surface area contributed by atoms with Crippen LogP contribution in [0, 0.1) is 11.3 Å². The fourth-order valence-corrected chi connectivity index (χ4v) is 4.76. The van der Waals surface area contributed by atoms with Gasteiger partial charge in [-0.1, -0.05) is 41.6 Å². The highest BCUT2D eigenvalue weighted by molar-refractivity contribution is 8.03. The number of nitrogens with zero attached hydrogens (tertiary/aromatic N) is 3. The van der Waals surface area contributed by atoms with Crippen molar-refractivity contribution in [2.24, 2.45) is 0 Å². The first kappa shape index (κ1) is 17.2. The van der Waals surface area contributed by atoms with Crippen molar-refractivity contribution in [2.45, 2.75) is 18.9 Å². The molecule has 3 heterocycles. The number of hydrogen-bond acceptors (Lipinski definition) is 5. The van der Waals surface area contributed by atoms with Crippen LogP contribution in [-0.2, 0) is 11.3 Å². The molecule has 4 rings (SSSR count). The normalized spacial score (nSPS) is 20.8. The molecule has 0 bridgehead atoms. The van der Waals surface area contributed by atoms with E-state index in [1.807, 2.05) is 30.3 Å². The number of carbonyl (C=O) groups excluding carboxylic acids is 1. The largest absolute Gasteiger partial charge is 0.468 e. The number of nitriles is 1. The molecule has 1 fully saturated rings. The Morgan fingerprint density at radius 2 is 2.15 bits per heavy atom. The Kier molecular flexibility index (Phi) is 4.77. The Hall–Kier alpha value is -2.20. The highest BCUT2D eigenvalue weighted by Crippen LogP contribution is 2.44. The molecule has 0 N–H and O–H groups in total. The van der Waals surface area contributed by atoms with Crippen molar-refractivity contribution in [2.75, 3.05) is 12.5 Å². The van der Waals surface area contributed by atoms with Crippen molar-refractivity contribution in [3.63, 3.8) is 0 Å². The second-order valence-electron chi connectivity index (χ2n) is 6.25. The zero-order valence-corrected chi connectivity index (χ0v) is 15.5. The van der Waals surface area contributed by atoms with Gasteiger partial charge >= 0.3 is 0 Å². The van der Waals surface area contributed by atoms with Crippen LogP contribution >= 0.6 is 23.4 Å². The molecule has 1 saturated heterocycles. The molecule has 0 radical (unpaired) electrons. The molecule has 1 aromatic heterocycles. The summed E-state index contributed by atoms with van der Waals surface area (Å²) in [6.07, 6.45) is 1.90. The third kappa shape index (κ3) is 3.14. The van der Waals surface area contributed by atoms with E-state index in [4.69, 9.17) is 16.0 Å². The van der Waals surface area contributed by atoms with Crippen LogP contribution in [0.2, 0.25) is 5.02 Å². The molecule has 0 aliphatic carbocycles. The predicted molar refractivity (Wildman–Crippen MR) is 99.9 cm³/mol. The molecule has 5 nitrogen and oxygen atoms in total. The first-order valence-electron chi connectivity index (χ1n) is 8.24. The van der Waals surface area contributed by atoms with Gasteiger partial charge in [-0.2, -0.15) is 5.26 Å². The average Bonchev–Trinajstić information content (AvgIpc) is 3.15. The Bertz CT molecular complexity index is 904. The Balaban J connectivity index is 1.63. The maximum atomic E-state index is 12.8. The van der Waals surface area contributed by atoms with E-state index in [1.54, 1.807) is 17.2 Å². The number of allylic oxidation sites excluding steroid dienone is 1. The van der Waals surface area contributed by atoms with Crippen LogP contribution in [0.1, 0.15) is 23.7 Å². The average molecular weight is 386 g/mol. The molecule has 0 saturated carbocycles. The van der Waals surface area contributed by atoms with Crippen molar-refractivity contribution in [1.29, 1.82) is 5.26 Å². The van der Waals surface area contributed by atoms with E-state index < -0.39 is 0 Å². The van der Waals surface area contributed by atoms with Gasteiger partial charge < -0.3 is 4.42 Å².